The Kier molecular flexibility index (Phi) is 5.73. The molecular formula is C19H24N4O4. The zero-order valence-electron chi connectivity index (χ0n) is 15.4. The highest BCUT2D eigenvalue weighted by Crippen LogP contribution is 2.21. The predicted molar refractivity (Wildman–Crippen MR) is 98.8 cm³/mol. The topological polar surface area (TPSA) is 90.0 Å². The number of rotatable bonds is 7. The Bertz CT molecular complexity index is 747. The first-order valence-electron chi connectivity index (χ1n) is 9.17. The van der Waals surface area contributed by atoms with E-state index in [2.05, 4.69) is 5.32 Å². The molecule has 2 saturated heterocycles. The molecule has 2 aliphatic rings. The molecule has 2 heterocycles. The molecule has 0 bridgehead atoms. The molecule has 3 rings (SSSR count). The fraction of sp³-hybridized carbons (Fsp3) is 0.474. The van der Waals surface area contributed by atoms with Gasteiger partial charge in [-0.3, -0.25) is 19.3 Å². The second-order valence-corrected chi connectivity index (χ2v) is 6.88. The molecule has 1 N–H and O–H groups in total. The highest BCUT2D eigenvalue weighted by Gasteiger charge is 2.32. The van der Waals surface area contributed by atoms with Gasteiger partial charge in [0.1, 0.15) is 6.54 Å². The van der Waals surface area contributed by atoms with Crippen LogP contribution in [0.4, 0.5) is 10.5 Å². The van der Waals surface area contributed by atoms with Gasteiger partial charge in [-0.2, -0.15) is 0 Å². The van der Waals surface area contributed by atoms with Crippen molar-refractivity contribution >= 4 is 29.4 Å². The molecule has 0 radical (unpaired) electrons. The second kappa shape index (κ2) is 8.20. The van der Waals surface area contributed by atoms with Crippen molar-refractivity contribution in [2.24, 2.45) is 0 Å². The molecule has 0 saturated carbocycles. The summed E-state index contributed by atoms with van der Waals surface area (Å²) < 4.78 is 0. The van der Waals surface area contributed by atoms with Crippen LogP contribution in [-0.2, 0) is 20.9 Å². The summed E-state index contributed by atoms with van der Waals surface area (Å²) in [7, 11) is 1.58. The first-order valence-corrected chi connectivity index (χ1v) is 9.17. The van der Waals surface area contributed by atoms with Crippen LogP contribution < -0.4 is 10.2 Å². The van der Waals surface area contributed by atoms with Crippen LogP contribution in [0.15, 0.2) is 24.3 Å². The van der Waals surface area contributed by atoms with Crippen molar-refractivity contribution in [1.29, 1.82) is 0 Å². The minimum atomic E-state index is -0.308. The molecule has 8 nitrogen and oxygen atoms in total. The maximum absolute atomic E-state index is 12.0. The highest BCUT2D eigenvalue weighted by atomic mass is 16.2. The fourth-order valence-corrected chi connectivity index (χ4v) is 3.29. The number of carbonyl (C=O) groups is 4. The van der Waals surface area contributed by atoms with Gasteiger partial charge >= 0.3 is 6.03 Å². The average Bonchev–Trinajstić information content (AvgIpc) is 3.18. The molecule has 8 heteroatoms. The molecule has 5 amide bonds. The Morgan fingerprint density at radius 3 is 2.44 bits per heavy atom. The third-order valence-corrected chi connectivity index (χ3v) is 4.83. The fourth-order valence-electron chi connectivity index (χ4n) is 3.29. The lowest BCUT2D eigenvalue weighted by Crippen LogP contribution is -2.33. The van der Waals surface area contributed by atoms with Crippen molar-refractivity contribution in [1.82, 2.24) is 15.1 Å². The Labute approximate surface area is 158 Å². The molecule has 0 aliphatic carbocycles. The summed E-state index contributed by atoms with van der Waals surface area (Å²) in [6, 6.07) is 7.28. The minimum Gasteiger partial charge on any atom is -0.352 e. The first kappa shape index (κ1) is 18.9. The van der Waals surface area contributed by atoms with Gasteiger partial charge in [0.15, 0.2) is 0 Å². The van der Waals surface area contributed by atoms with E-state index in [4.69, 9.17) is 0 Å². The number of urea groups is 1. The Hall–Kier alpha value is -2.90. The SMILES string of the molecule is CN1CC(=O)N(CCCC(=O)NCc2ccc(N3CCCC3=O)cc2)C1=O. The summed E-state index contributed by atoms with van der Waals surface area (Å²) in [6.45, 7) is 1.52. The molecule has 1 aromatic rings. The van der Waals surface area contributed by atoms with E-state index in [1.54, 1.807) is 11.9 Å². The summed E-state index contributed by atoms with van der Waals surface area (Å²) in [5.74, 6) is -0.196. The van der Waals surface area contributed by atoms with Crippen LogP contribution in [0, 0.1) is 0 Å². The van der Waals surface area contributed by atoms with E-state index in [1.807, 2.05) is 24.3 Å². The van der Waals surface area contributed by atoms with E-state index in [-0.39, 0.29) is 43.3 Å². The standard InChI is InChI=1S/C19H24N4O4/c1-21-13-18(26)23(19(21)27)11-2-4-16(24)20-12-14-6-8-15(9-7-14)22-10-3-5-17(22)25/h6-9H,2-5,10-13H2,1H3,(H,20,24). The highest BCUT2D eigenvalue weighted by molar-refractivity contribution is 6.01. The number of hydrogen-bond acceptors (Lipinski definition) is 4. The molecule has 0 atom stereocenters. The van der Waals surface area contributed by atoms with E-state index in [0.717, 1.165) is 24.2 Å². The van der Waals surface area contributed by atoms with Crippen LogP contribution in [0.2, 0.25) is 0 Å². The molecule has 2 fully saturated rings. The first-order chi connectivity index (χ1) is 13.0. The van der Waals surface area contributed by atoms with Crippen molar-refractivity contribution in [2.75, 3.05) is 31.6 Å². The van der Waals surface area contributed by atoms with Crippen molar-refractivity contribution in [3.05, 3.63) is 29.8 Å². The number of carbonyl (C=O) groups excluding carboxylic acids is 4. The number of anilines is 1. The van der Waals surface area contributed by atoms with E-state index >= 15 is 0 Å². The van der Waals surface area contributed by atoms with Crippen LogP contribution >= 0.6 is 0 Å². The van der Waals surface area contributed by atoms with E-state index in [9.17, 15) is 19.2 Å². The van der Waals surface area contributed by atoms with Crippen LogP contribution in [0.1, 0.15) is 31.2 Å². The van der Waals surface area contributed by atoms with Gasteiger partial charge in [-0.1, -0.05) is 12.1 Å². The Morgan fingerprint density at radius 1 is 1.11 bits per heavy atom. The number of benzene rings is 1. The molecule has 144 valence electrons. The van der Waals surface area contributed by atoms with Gasteiger partial charge in [-0.25, -0.2) is 4.79 Å². The molecule has 27 heavy (non-hydrogen) atoms. The van der Waals surface area contributed by atoms with E-state index < -0.39 is 0 Å². The Morgan fingerprint density at radius 2 is 1.85 bits per heavy atom. The molecule has 2 aliphatic heterocycles. The van der Waals surface area contributed by atoms with Crippen LogP contribution in [0.5, 0.6) is 0 Å². The normalized spacial score (nSPS) is 17.2. The Balaban J connectivity index is 1.39. The molecule has 0 spiro atoms. The quantitative estimate of drug-likeness (QED) is 0.726. The maximum Gasteiger partial charge on any atom is 0.326 e. The molecule has 1 aromatic carbocycles. The van der Waals surface area contributed by atoms with Gasteiger partial charge in [0.05, 0.1) is 0 Å². The van der Waals surface area contributed by atoms with Gasteiger partial charge in [0, 0.05) is 45.2 Å². The van der Waals surface area contributed by atoms with E-state index in [1.165, 1.54) is 9.80 Å². The van der Waals surface area contributed by atoms with Gasteiger partial charge in [-0.05, 0) is 30.5 Å². The number of likely N-dealkylation sites (N-methyl/N-ethyl adjacent to an activating group) is 1. The van der Waals surface area contributed by atoms with Gasteiger partial charge < -0.3 is 15.1 Å². The lowest BCUT2D eigenvalue weighted by atomic mass is 10.2. The van der Waals surface area contributed by atoms with Gasteiger partial charge in [-0.15, -0.1) is 0 Å². The largest absolute Gasteiger partial charge is 0.352 e. The minimum absolute atomic E-state index is 0.101. The monoisotopic (exact) mass is 372 g/mol. The van der Waals surface area contributed by atoms with Crippen LogP contribution in [0.25, 0.3) is 0 Å². The van der Waals surface area contributed by atoms with Crippen molar-refractivity contribution in [3.63, 3.8) is 0 Å². The number of nitrogens with one attached hydrogen (secondary N) is 1. The smallest absolute Gasteiger partial charge is 0.326 e. The predicted octanol–water partition coefficient (Wildman–Crippen LogP) is 1.10. The summed E-state index contributed by atoms with van der Waals surface area (Å²) in [4.78, 5) is 51.5. The molecule has 0 aromatic heterocycles. The third kappa shape index (κ3) is 4.45. The van der Waals surface area contributed by atoms with Gasteiger partial charge in [0.25, 0.3) is 0 Å². The molecular weight excluding hydrogens is 348 g/mol. The second-order valence-electron chi connectivity index (χ2n) is 6.88. The van der Waals surface area contributed by atoms with Gasteiger partial charge in [0.2, 0.25) is 17.7 Å². The number of nitrogens with zero attached hydrogens (tertiary/aromatic N) is 3. The van der Waals surface area contributed by atoms with Crippen LogP contribution in [0.3, 0.4) is 0 Å². The zero-order chi connectivity index (χ0) is 19.4. The third-order valence-electron chi connectivity index (χ3n) is 4.83. The summed E-state index contributed by atoms with van der Waals surface area (Å²) in [5, 5.41) is 2.84. The number of imide groups is 1. The summed E-state index contributed by atoms with van der Waals surface area (Å²) >= 11 is 0. The van der Waals surface area contributed by atoms with E-state index in [0.29, 0.717) is 19.4 Å². The molecule has 0 unspecified atom stereocenters. The summed E-state index contributed by atoms with van der Waals surface area (Å²) in [5.41, 5.74) is 1.84. The maximum atomic E-state index is 12.0. The lowest BCUT2D eigenvalue weighted by molar-refractivity contribution is -0.126. The van der Waals surface area contributed by atoms with Crippen LogP contribution in [-0.4, -0.2) is 60.2 Å². The zero-order valence-corrected chi connectivity index (χ0v) is 15.4. The number of hydrogen-bond donors (Lipinski definition) is 1. The van der Waals surface area contributed by atoms with Crippen molar-refractivity contribution in [3.8, 4) is 0 Å². The lowest BCUT2D eigenvalue weighted by Gasteiger charge is -2.16. The summed E-state index contributed by atoms with van der Waals surface area (Å²) in [6.07, 6.45) is 2.18. The number of amides is 5. The van der Waals surface area contributed by atoms with Crippen molar-refractivity contribution < 1.29 is 19.2 Å². The average molecular weight is 372 g/mol. The van der Waals surface area contributed by atoms with Crippen molar-refractivity contribution in [2.45, 2.75) is 32.2 Å².